The normalized spacial score (nSPS) is 36.7. The fourth-order valence-electron chi connectivity index (χ4n) is 4.24. The minimum Gasteiger partial charge on any atom is -0.481 e. The molecule has 1 aromatic rings. The van der Waals surface area contributed by atoms with Crippen molar-refractivity contribution in [2.45, 2.75) is 18.9 Å². The van der Waals surface area contributed by atoms with Crippen LogP contribution in [0, 0.1) is 23.2 Å². The Morgan fingerprint density at radius 3 is 2.46 bits per heavy atom. The molecule has 0 radical (unpaired) electrons. The van der Waals surface area contributed by atoms with E-state index in [9.17, 15) is 24.6 Å². The van der Waals surface area contributed by atoms with Crippen LogP contribution in [-0.4, -0.2) is 33.6 Å². The summed E-state index contributed by atoms with van der Waals surface area (Å²) in [7, 11) is 0. The van der Waals surface area contributed by atoms with E-state index in [1.54, 1.807) is 24.3 Å². The van der Waals surface area contributed by atoms with Crippen LogP contribution in [0.3, 0.4) is 0 Å². The lowest BCUT2D eigenvalue weighted by molar-refractivity contribution is -0.148. The smallest absolute Gasteiger partial charge is 0.324 e. The molecule has 0 aromatic heterocycles. The Morgan fingerprint density at radius 1 is 1.29 bits per heavy atom. The van der Waals surface area contributed by atoms with E-state index in [0.717, 1.165) is 0 Å². The molecule has 0 saturated heterocycles. The van der Waals surface area contributed by atoms with Crippen molar-refractivity contribution in [1.29, 1.82) is 0 Å². The molecule has 24 heavy (non-hydrogen) atoms. The van der Waals surface area contributed by atoms with E-state index in [0.29, 0.717) is 10.7 Å². The van der Waals surface area contributed by atoms with Gasteiger partial charge in [-0.05, 0) is 24.5 Å². The van der Waals surface area contributed by atoms with E-state index in [4.69, 9.17) is 17.3 Å². The summed E-state index contributed by atoms with van der Waals surface area (Å²) in [5.74, 6) is -5.24. The molecule has 2 aliphatic carbocycles. The highest BCUT2D eigenvalue weighted by Crippen LogP contribution is 2.73. The number of carbonyl (C=O) groups excluding carboxylic acids is 1. The third-order valence-electron chi connectivity index (χ3n) is 5.64. The maximum absolute atomic E-state index is 12.6. The maximum Gasteiger partial charge on any atom is 0.324 e. The first-order chi connectivity index (χ1) is 11.1. The molecule has 0 heterocycles. The van der Waals surface area contributed by atoms with Crippen molar-refractivity contribution in [3.63, 3.8) is 0 Å². The van der Waals surface area contributed by atoms with Gasteiger partial charge in [-0.25, -0.2) is 0 Å². The number of para-hydroxylation sites is 1. The van der Waals surface area contributed by atoms with Gasteiger partial charge in [-0.1, -0.05) is 30.7 Å². The van der Waals surface area contributed by atoms with E-state index < -0.39 is 46.6 Å². The zero-order chi connectivity index (χ0) is 17.9. The lowest BCUT2D eigenvalue weighted by Gasteiger charge is -2.29. The Hall–Kier alpha value is -2.12. The topological polar surface area (TPSA) is 130 Å². The van der Waals surface area contributed by atoms with Gasteiger partial charge in [0.25, 0.3) is 0 Å². The van der Waals surface area contributed by atoms with E-state index in [2.05, 4.69) is 5.32 Å². The van der Waals surface area contributed by atoms with Gasteiger partial charge in [0.15, 0.2) is 0 Å². The molecule has 0 aliphatic heterocycles. The fourth-order valence-corrected chi connectivity index (χ4v) is 4.42. The number of anilines is 1. The molecule has 5 N–H and O–H groups in total. The predicted molar refractivity (Wildman–Crippen MR) is 85.5 cm³/mol. The molecule has 2 saturated carbocycles. The first kappa shape index (κ1) is 16.7. The van der Waals surface area contributed by atoms with Crippen LogP contribution in [0.4, 0.5) is 5.69 Å². The summed E-state index contributed by atoms with van der Waals surface area (Å²) in [6.07, 6.45) is -0.108. The molecular weight excluding hydrogens is 336 g/mol. The number of hydrogen-bond donors (Lipinski definition) is 4. The van der Waals surface area contributed by atoms with Gasteiger partial charge in [-0.3, -0.25) is 14.4 Å². The van der Waals surface area contributed by atoms with Gasteiger partial charge in [0.05, 0.1) is 16.6 Å². The van der Waals surface area contributed by atoms with Gasteiger partial charge in [0.2, 0.25) is 5.91 Å². The lowest BCUT2D eigenvalue weighted by Crippen LogP contribution is -2.55. The molecule has 128 valence electrons. The quantitative estimate of drug-likeness (QED) is 0.648. The van der Waals surface area contributed by atoms with Crippen LogP contribution in [-0.2, 0) is 14.4 Å². The van der Waals surface area contributed by atoms with Gasteiger partial charge >= 0.3 is 11.9 Å². The first-order valence-electron chi connectivity index (χ1n) is 7.45. The summed E-state index contributed by atoms with van der Waals surface area (Å²) in [5.41, 5.74) is 3.53. The molecule has 0 bridgehead atoms. The molecule has 1 amide bonds. The van der Waals surface area contributed by atoms with Crippen molar-refractivity contribution >= 4 is 35.1 Å². The molecule has 2 aliphatic rings. The van der Waals surface area contributed by atoms with Crippen LogP contribution in [0.2, 0.25) is 5.02 Å². The maximum atomic E-state index is 12.6. The summed E-state index contributed by atoms with van der Waals surface area (Å²) in [4.78, 5) is 35.7. The summed E-state index contributed by atoms with van der Waals surface area (Å²) in [5, 5.41) is 21.9. The number of carboxylic acid groups (broad SMARTS) is 2. The van der Waals surface area contributed by atoms with Crippen LogP contribution < -0.4 is 11.1 Å². The van der Waals surface area contributed by atoms with Gasteiger partial charge in [-0.15, -0.1) is 0 Å². The lowest BCUT2D eigenvalue weighted by atomic mass is 9.80. The summed E-state index contributed by atoms with van der Waals surface area (Å²) in [6, 6.07) is 6.63. The number of hydrogen-bond acceptors (Lipinski definition) is 4. The summed E-state index contributed by atoms with van der Waals surface area (Å²) < 4.78 is 0. The molecule has 8 heteroatoms. The number of amides is 1. The fraction of sp³-hybridized carbons (Fsp3) is 0.438. The SMILES string of the molecule is C[C@@]12[C@@H]([C@@H](C(=O)Nc3ccccc3Cl)C[C@]1(N)C(=O)O)[C@H]2C(=O)O. The molecule has 0 spiro atoms. The van der Waals surface area contributed by atoms with Gasteiger partial charge in [-0.2, -0.15) is 0 Å². The largest absolute Gasteiger partial charge is 0.481 e. The number of benzene rings is 1. The molecule has 2 fully saturated rings. The number of nitrogens with one attached hydrogen (secondary N) is 1. The Morgan fingerprint density at radius 2 is 1.92 bits per heavy atom. The van der Waals surface area contributed by atoms with E-state index in [1.807, 2.05) is 0 Å². The second-order valence-corrected chi connectivity index (χ2v) is 7.09. The molecule has 1 aromatic carbocycles. The number of halogens is 1. The Labute approximate surface area is 142 Å². The Bertz CT molecular complexity index is 754. The monoisotopic (exact) mass is 352 g/mol. The standard InChI is InChI=1S/C16H17ClN2O5/c1-15-10(11(15)13(21)22)7(6-16(15,18)14(23)24)12(20)19-9-5-3-2-4-8(9)17/h2-5,7,10-11H,6,18H2,1H3,(H,19,20)(H,21,22)(H,23,24)/t7-,10-,11-,15-,16-/m0/s1. The van der Waals surface area contributed by atoms with Gasteiger partial charge < -0.3 is 21.3 Å². The number of nitrogens with two attached hydrogens (primary N) is 1. The number of aliphatic carboxylic acids is 2. The van der Waals surface area contributed by atoms with Crippen LogP contribution in [0.15, 0.2) is 24.3 Å². The Balaban J connectivity index is 1.90. The van der Waals surface area contributed by atoms with Crippen molar-refractivity contribution in [3.05, 3.63) is 29.3 Å². The van der Waals surface area contributed by atoms with Crippen molar-refractivity contribution < 1.29 is 24.6 Å². The van der Waals surface area contributed by atoms with Crippen molar-refractivity contribution in [2.75, 3.05) is 5.32 Å². The molecule has 0 unspecified atom stereocenters. The van der Waals surface area contributed by atoms with E-state index in [-0.39, 0.29) is 6.42 Å². The van der Waals surface area contributed by atoms with Gasteiger partial charge in [0, 0.05) is 11.3 Å². The molecule has 5 atom stereocenters. The second-order valence-electron chi connectivity index (χ2n) is 6.68. The zero-order valence-corrected chi connectivity index (χ0v) is 13.6. The van der Waals surface area contributed by atoms with Crippen molar-refractivity contribution in [3.8, 4) is 0 Å². The van der Waals surface area contributed by atoms with E-state index in [1.165, 1.54) is 6.92 Å². The highest BCUT2D eigenvalue weighted by atomic mass is 35.5. The third-order valence-corrected chi connectivity index (χ3v) is 5.97. The third kappa shape index (κ3) is 2.04. The van der Waals surface area contributed by atoms with Crippen LogP contribution >= 0.6 is 11.6 Å². The van der Waals surface area contributed by atoms with E-state index >= 15 is 0 Å². The number of carbonyl (C=O) groups is 3. The number of fused-ring (bicyclic) bond motifs is 1. The van der Waals surface area contributed by atoms with Crippen LogP contribution in [0.1, 0.15) is 13.3 Å². The van der Waals surface area contributed by atoms with Crippen molar-refractivity contribution in [1.82, 2.24) is 0 Å². The van der Waals surface area contributed by atoms with Crippen LogP contribution in [0.25, 0.3) is 0 Å². The molecule has 7 nitrogen and oxygen atoms in total. The second kappa shape index (κ2) is 5.19. The average Bonchev–Trinajstić information content (AvgIpc) is 3.06. The molecule has 3 rings (SSSR count). The van der Waals surface area contributed by atoms with Crippen LogP contribution in [0.5, 0.6) is 0 Å². The molecular formula is C16H17ClN2O5. The van der Waals surface area contributed by atoms with Crippen molar-refractivity contribution in [2.24, 2.45) is 28.9 Å². The number of carboxylic acids is 2. The highest BCUT2D eigenvalue weighted by molar-refractivity contribution is 6.33. The zero-order valence-electron chi connectivity index (χ0n) is 12.8. The highest BCUT2D eigenvalue weighted by Gasteiger charge is 2.83. The Kier molecular flexibility index (Phi) is 3.62. The summed E-state index contributed by atoms with van der Waals surface area (Å²) in [6.45, 7) is 1.54. The average molecular weight is 353 g/mol. The summed E-state index contributed by atoms with van der Waals surface area (Å²) >= 11 is 6.01. The first-order valence-corrected chi connectivity index (χ1v) is 7.83. The minimum atomic E-state index is -1.75. The predicted octanol–water partition coefficient (Wildman–Crippen LogP) is 1.42. The van der Waals surface area contributed by atoms with Gasteiger partial charge in [0.1, 0.15) is 5.54 Å². The minimum absolute atomic E-state index is 0.108. The number of rotatable bonds is 4.